The van der Waals surface area contributed by atoms with E-state index in [0.29, 0.717) is 11.1 Å². The van der Waals surface area contributed by atoms with E-state index in [1.165, 1.54) is 13.0 Å². The minimum absolute atomic E-state index is 0.0872. The van der Waals surface area contributed by atoms with Crippen LogP contribution in [0, 0.1) is 13.8 Å². The topological polar surface area (TPSA) is 83.5 Å². The van der Waals surface area contributed by atoms with Gasteiger partial charge in [-0.1, -0.05) is 0 Å². The molecule has 0 heterocycles. The van der Waals surface area contributed by atoms with Crippen molar-refractivity contribution in [3.63, 3.8) is 0 Å². The van der Waals surface area contributed by atoms with Gasteiger partial charge in [-0.15, -0.1) is 0 Å². The number of hydrogen-bond donors (Lipinski definition) is 3. The van der Waals surface area contributed by atoms with Crippen molar-refractivity contribution in [3.05, 3.63) is 22.8 Å². The van der Waals surface area contributed by atoms with E-state index in [9.17, 15) is 9.90 Å². The molecule has 0 atom stereocenters. The zero-order chi connectivity index (χ0) is 10.2. The average Bonchev–Trinajstić information content (AvgIpc) is 2.07. The summed E-state index contributed by atoms with van der Waals surface area (Å²) in [7, 11) is 0. The summed E-state index contributed by atoms with van der Waals surface area (Å²) in [5.74, 6) is -1.20. The fraction of sp³-hybridized carbons (Fsp3) is 0.222. The van der Waals surface area contributed by atoms with Crippen LogP contribution in [0.4, 0.5) is 5.69 Å². The molecule has 13 heavy (non-hydrogen) atoms. The molecule has 70 valence electrons. The molecule has 0 aliphatic heterocycles. The zero-order valence-corrected chi connectivity index (χ0v) is 7.46. The van der Waals surface area contributed by atoms with Crippen molar-refractivity contribution in [2.24, 2.45) is 0 Å². The van der Waals surface area contributed by atoms with Crippen LogP contribution in [-0.2, 0) is 0 Å². The number of carbonyl (C=O) groups is 1. The van der Waals surface area contributed by atoms with Crippen molar-refractivity contribution in [3.8, 4) is 5.75 Å². The number of carboxylic acid groups (broad SMARTS) is 1. The van der Waals surface area contributed by atoms with Gasteiger partial charge in [0, 0.05) is 5.56 Å². The summed E-state index contributed by atoms with van der Waals surface area (Å²) in [6, 6.07) is 1.45. The highest BCUT2D eigenvalue weighted by Gasteiger charge is 2.14. The van der Waals surface area contributed by atoms with Crippen molar-refractivity contribution >= 4 is 11.7 Å². The quantitative estimate of drug-likeness (QED) is 0.450. The lowest BCUT2D eigenvalue weighted by Gasteiger charge is -2.09. The Morgan fingerprint density at radius 3 is 2.46 bits per heavy atom. The van der Waals surface area contributed by atoms with E-state index in [-0.39, 0.29) is 17.0 Å². The fourth-order valence-electron chi connectivity index (χ4n) is 1.14. The Morgan fingerprint density at radius 2 is 2.00 bits per heavy atom. The Labute approximate surface area is 75.6 Å². The number of aromatic hydroxyl groups is 1. The van der Waals surface area contributed by atoms with E-state index in [1.54, 1.807) is 6.92 Å². The molecule has 0 saturated heterocycles. The van der Waals surface area contributed by atoms with E-state index in [2.05, 4.69) is 0 Å². The summed E-state index contributed by atoms with van der Waals surface area (Å²) >= 11 is 0. The van der Waals surface area contributed by atoms with Crippen LogP contribution in [0.5, 0.6) is 5.75 Å². The summed E-state index contributed by atoms with van der Waals surface area (Å²) in [4.78, 5) is 10.7. The second-order valence-electron chi connectivity index (χ2n) is 2.93. The Balaban J connectivity index is 3.50. The maximum Gasteiger partial charge on any atom is 0.336 e. The molecule has 0 fully saturated rings. The van der Waals surface area contributed by atoms with Gasteiger partial charge in [-0.25, -0.2) is 4.79 Å². The van der Waals surface area contributed by atoms with Gasteiger partial charge < -0.3 is 15.9 Å². The first kappa shape index (κ1) is 9.38. The van der Waals surface area contributed by atoms with Crippen LogP contribution >= 0.6 is 0 Å². The fourth-order valence-corrected chi connectivity index (χ4v) is 1.14. The number of benzene rings is 1. The van der Waals surface area contributed by atoms with Crippen LogP contribution in [0.25, 0.3) is 0 Å². The Bertz CT molecular complexity index is 372. The summed E-state index contributed by atoms with van der Waals surface area (Å²) < 4.78 is 0. The Hall–Kier alpha value is -1.71. The first-order valence-corrected chi connectivity index (χ1v) is 3.77. The third-order valence-corrected chi connectivity index (χ3v) is 2.03. The molecule has 1 rings (SSSR count). The standard InChI is InChI=1S/C9H11NO3/c1-4-3-6(9(12)13)5(2)8(11)7(4)10/h3,11H,10H2,1-2H3,(H,12,13). The number of carboxylic acids is 1. The lowest BCUT2D eigenvalue weighted by Crippen LogP contribution is -2.03. The van der Waals surface area contributed by atoms with Crippen LogP contribution in [0.3, 0.4) is 0 Å². The molecule has 0 amide bonds. The first-order chi connectivity index (χ1) is 5.95. The molecule has 4 N–H and O–H groups in total. The molecule has 4 heteroatoms. The van der Waals surface area contributed by atoms with Crippen molar-refractivity contribution in [2.75, 3.05) is 5.73 Å². The lowest BCUT2D eigenvalue weighted by molar-refractivity contribution is 0.0695. The van der Waals surface area contributed by atoms with Gasteiger partial charge in [-0.3, -0.25) is 0 Å². The number of anilines is 1. The number of aromatic carboxylic acids is 1. The summed E-state index contributed by atoms with van der Waals surface area (Å²) in [5.41, 5.74) is 6.71. The molecule has 1 aromatic carbocycles. The second-order valence-corrected chi connectivity index (χ2v) is 2.93. The van der Waals surface area contributed by atoms with Gasteiger partial charge in [0.15, 0.2) is 0 Å². The Morgan fingerprint density at radius 1 is 1.46 bits per heavy atom. The normalized spacial score (nSPS) is 10.0. The predicted molar refractivity (Wildman–Crippen MR) is 49.0 cm³/mol. The molecular weight excluding hydrogens is 170 g/mol. The van der Waals surface area contributed by atoms with Crippen LogP contribution in [0.1, 0.15) is 21.5 Å². The molecule has 0 spiro atoms. The number of hydrogen-bond acceptors (Lipinski definition) is 3. The van der Waals surface area contributed by atoms with Gasteiger partial charge in [-0.05, 0) is 25.5 Å². The molecule has 0 aliphatic carbocycles. The van der Waals surface area contributed by atoms with Gasteiger partial charge in [-0.2, -0.15) is 0 Å². The maximum atomic E-state index is 10.7. The number of phenolic OH excluding ortho intramolecular Hbond substituents is 1. The van der Waals surface area contributed by atoms with Crippen LogP contribution in [-0.4, -0.2) is 16.2 Å². The molecule has 0 aromatic heterocycles. The van der Waals surface area contributed by atoms with Gasteiger partial charge in [0.25, 0.3) is 0 Å². The average molecular weight is 181 g/mol. The zero-order valence-electron chi connectivity index (χ0n) is 7.46. The monoisotopic (exact) mass is 181 g/mol. The largest absolute Gasteiger partial charge is 0.505 e. The third-order valence-electron chi connectivity index (χ3n) is 2.03. The molecular formula is C9H11NO3. The number of nitrogens with two attached hydrogens (primary N) is 1. The number of rotatable bonds is 1. The number of phenols is 1. The highest BCUT2D eigenvalue weighted by Crippen LogP contribution is 2.30. The molecule has 0 radical (unpaired) electrons. The van der Waals surface area contributed by atoms with E-state index in [1.807, 2.05) is 0 Å². The molecule has 4 nitrogen and oxygen atoms in total. The van der Waals surface area contributed by atoms with Gasteiger partial charge in [0.2, 0.25) is 0 Å². The van der Waals surface area contributed by atoms with Crippen molar-refractivity contribution in [1.29, 1.82) is 0 Å². The molecule has 0 bridgehead atoms. The lowest BCUT2D eigenvalue weighted by atomic mass is 10.0. The SMILES string of the molecule is Cc1cc(C(=O)O)c(C)c(O)c1N. The third kappa shape index (κ3) is 1.42. The van der Waals surface area contributed by atoms with Crippen molar-refractivity contribution < 1.29 is 15.0 Å². The van der Waals surface area contributed by atoms with E-state index in [4.69, 9.17) is 10.8 Å². The van der Waals surface area contributed by atoms with Gasteiger partial charge in [0.1, 0.15) is 5.75 Å². The number of nitrogen functional groups attached to an aromatic ring is 1. The van der Waals surface area contributed by atoms with Crippen molar-refractivity contribution in [1.82, 2.24) is 0 Å². The molecule has 0 saturated carbocycles. The minimum atomic E-state index is -1.06. The van der Waals surface area contributed by atoms with Crippen molar-refractivity contribution in [2.45, 2.75) is 13.8 Å². The highest BCUT2D eigenvalue weighted by atomic mass is 16.4. The van der Waals surface area contributed by atoms with E-state index in [0.717, 1.165) is 0 Å². The van der Waals surface area contributed by atoms with Crippen LogP contribution in [0.15, 0.2) is 6.07 Å². The van der Waals surface area contributed by atoms with Gasteiger partial charge >= 0.3 is 5.97 Å². The number of aryl methyl sites for hydroxylation is 1. The Kier molecular flexibility index (Phi) is 2.14. The molecule has 0 unspecified atom stereocenters. The van der Waals surface area contributed by atoms with Gasteiger partial charge in [0.05, 0.1) is 11.3 Å². The van der Waals surface area contributed by atoms with E-state index >= 15 is 0 Å². The summed E-state index contributed by atoms with van der Waals surface area (Å²) in [6.07, 6.45) is 0. The molecule has 0 aliphatic rings. The summed E-state index contributed by atoms with van der Waals surface area (Å²) in [5, 5.41) is 18.2. The maximum absolute atomic E-state index is 10.7. The predicted octanol–water partition coefficient (Wildman–Crippen LogP) is 1.29. The van der Waals surface area contributed by atoms with E-state index < -0.39 is 5.97 Å². The highest BCUT2D eigenvalue weighted by molar-refractivity contribution is 5.91. The summed E-state index contributed by atoms with van der Waals surface area (Å²) in [6.45, 7) is 3.18. The smallest absolute Gasteiger partial charge is 0.336 e. The van der Waals surface area contributed by atoms with Crippen LogP contribution in [0.2, 0.25) is 0 Å². The second kappa shape index (κ2) is 2.97. The molecule has 1 aromatic rings. The first-order valence-electron chi connectivity index (χ1n) is 3.77. The van der Waals surface area contributed by atoms with Crippen LogP contribution < -0.4 is 5.73 Å². The minimum Gasteiger partial charge on any atom is -0.505 e.